The summed E-state index contributed by atoms with van der Waals surface area (Å²) in [6.07, 6.45) is 1.81. The second-order valence-electron chi connectivity index (χ2n) is 7.58. The fraction of sp³-hybridized carbons (Fsp3) is 0.154. The first-order valence-electron chi connectivity index (χ1n) is 10.3. The van der Waals surface area contributed by atoms with Crippen molar-refractivity contribution in [2.75, 3.05) is 7.11 Å². The van der Waals surface area contributed by atoms with Crippen LogP contribution in [0.4, 0.5) is 5.69 Å². The summed E-state index contributed by atoms with van der Waals surface area (Å²) < 4.78 is 11.4. The van der Waals surface area contributed by atoms with E-state index < -0.39 is 0 Å². The number of halogens is 1. The molecular weight excluding hydrogens is 456 g/mol. The highest BCUT2D eigenvalue weighted by Crippen LogP contribution is 2.33. The third kappa shape index (κ3) is 5.78. The predicted molar refractivity (Wildman–Crippen MR) is 135 cm³/mol. The standard InChI is InChI=1S/C26H23ClN2O3S/c1-16-4-10-21(12-17(16)2)28-26-29-25(30)24(33-26)14-19-7-11-22(23(13-19)31-3)32-15-18-5-8-20(27)9-6-18/h4-14H,15H2,1-3H3,(H,28,29,30)/b24-14-. The zero-order chi connectivity index (χ0) is 23.4. The van der Waals surface area contributed by atoms with Crippen LogP contribution in [0.1, 0.15) is 22.3 Å². The second kappa shape index (κ2) is 10.1. The maximum atomic E-state index is 12.5. The predicted octanol–water partition coefficient (Wildman–Crippen LogP) is 6.44. The number of amides is 1. The molecule has 1 amide bonds. The molecule has 0 unspecified atom stereocenters. The smallest absolute Gasteiger partial charge is 0.264 e. The highest BCUT2D eigenvalue weighted by Gasteiger charge is 2.24. The lowest BCUT2D eigenvalue weighted by Gasteiger charge is -2.11. The van der Waals surface area contributed by atoms with Crippen LogP contribution in [0, 0.1) is 13.8 Å². The lowest BCUT2D eigenvalue weighted by atomic mass is 10.1. The van der Waals surface area contributed by atoms with Gasteiger partial charge in [-0.25, -0.2) is 4.99 Å². The Morgan fingerprint density at radius 1 is 1.00 bits per heavy atom. The monoisotopic (exact) mass is 478 g/mol. The van der Waals surface area contributed by atoms with E-state index in [1.807, 2.05) is 73.7 Å². The van der Waals surface area contributed by atoms with Crippen LogP contribution < -0.4 is 14.8 Å². The van der Waals surface area contributed by atoms with Gasteiger partial charge in [0.25, 0.3) is 5.91 Å². The summed E-state index contributed by atoms with van der Waals surface area (Å²) in [4.78, 5) is 17.6. The number of ether oxygens (including phenoxy) is 2. The molecule has 0 atom stereocenters. The Morgan fingerprint density at radius 2 is 1.79 bits per heavy atom. The van der Waals surface area contributed by atoms with E-state index in [2.05, 4.69) is 17.2 Å². The molecule has 168 valence electrons. The van der Waals surface area contributed by atoms with E-state index >= 15 is 0 Å². The average Bonchev–Trinajstić information content (AvgIpc) is 3.14. The summed E-state index contributed by atoms with van der Waals surface area (Å²) in [5.74, 6) is 1.03. The van der Waals surface area contributed by atoms with Crippen molar-refractivity contribution in [1.29, 1.82) is 0 Å². The number of nitrogens with zero attached hydrogens (tertiary/aromatic N) is 1. The Kier molecular flexibility index (Phi) is 7.06. The third-order valence-electron chi connectivity index (χ3n) is 5.17. The van der Waals surface area contributed by atoms with E-state index in [9.17, 15) is 4.79 Å². The average molecular weight is 479 g/mol. The number of nitrogens with one attached hydrogen (secondary N) is 1. The van der Waals surface area contributed by atoms with E-state index in [0.717, 1.165) is 22.4 Å². The van der Waals surface area contributed by atoms with Crippen LogP contribution in [0.2, 0.25) is 5.02 Å². The lowest BCUT2D eigenvalue weighted by molar-refractivity contribution is -0.115. The lowest BCUT2D eigenvalue weighted by Crippen LogP contribution is -2.19. The molecule has 0 bridgehead atoms. The fourth-order valence-electron chi connectivity index (χ4n) is 3.18. The topological polar surface area (TPSA) is 59.9 Å². The van der Waals surface area contributed by atoms with Crippen molar-refractivity contribution in [3.63, 3.8) is 0 Å². The molecule has 5 nitrogen and oxygen atoms in total. The molecular formula is C26H23ClN2O3S. The minimum atomic E-state index is -0.176. The van der Waals surface area contributed by atoms with Gasteiger partial charge in [-0.05, 0) is 90.3 Å². The largest absolute Gasteiger partial charge is 0.493 e. The Bertz CT molecular complexity index is 1250. The summed E-state index contributed by atoms with van der Waals surface area (Å²) in [5, 5.41) is 4.07. The molecule has 7 heteroatoms. The van der Waals surface area contributed by atoms with Gasteiger partial charge in [-0.1, -0.05) is 35.9 Å². The number of aliphatic imine (C=N–C) groups is 1. The molecule has 1 fully saturated rings. The molecule has 0 spiro atoms. The Balaban J connectivity index is 1.48. The fourth-order valence-corrected chi connectivity index (χ4v) is 4.15. The third-order valence-corrected chi connectivity index (χ3v) is 6.33. The molecule has 1 aliphatic rings. The van der Waals surface area contributed by atoms with Gasteiger partial charge in [0.2, 0.25) is 0 Å². The number of hydrogen-bond donors (Lipinski definition) is 1. The summed E-state index contributed by atoms with van der Waals surface area (Å²) in [6, 6.07) is 19.0. The second-order valence-corrected chi connectivity index (χ2v) is 9.04. The van der Waals surface area contributed by atoms with Crippen molar-refractivity contribution in [2.24, 2.45) is 4.99 Å². The van der Waals surface area contributed by atoms with Crippen molar-refractivity contribution in [3.05, 3.63) is 92.8 Å². The van der Waals surface area contributed by atoms with E-state index in [1.54, 1.807) is 7.11 Å². The number of methoxy groups -OCH3 is 1. The van der Waals surface area contributed by atoms with Crippen LogP contribution in [-0.4, -0.2) is 18.2 Å². The molecule has 1 N–H and O–H groups in total. The number of carbonyl (C=O) groups is 1. The van der Waals surface area contributed by atoms with Crippen LogP contribution in [-0.2, 0) is 11.4 Å². The van der Waals surface area contributed by atoms with E-state index in [0.29, 0.717) is 33.2 Å². The highest BCUT2D eigenvalue weighted by atomic mass is 35.5. The van der Waals surface area contributed by atoms with Crippen LogP contribution in [0.25, 0.3) is 6.08 Å². The molecule has 0 radical (unpaired) electrons. The minimum absolute atomic E-state index is 0.176. The van der Waals surface area contributed by atoms with Crippen molar-refractivity contribution in [3.8, 4) is 11.5 Å². The zero-order valence-corrected chi connectivity index (χ0v) is 20.1. The van der Waals surface area contributed by atoms with Crippen molar-refractivity contribution < 1.29 is 14.3 Å². The maximum Gasteiger partial charge on any atom is 0.264 e. The number of benzene rings is 3. The number of rotatable bonds is 6. The molecule has 0 aliphatic carbocycles. The van der Waals surface area contributed by atoms with E-state index in [1.165, 1.54) is 17.3 Å². The van der Waals surface area contributed by atoms with Gasteiger partial charge in [0.1, 0.15) is 6.61 Å². The van der Waals surface area contributed by atoms with Crippen molar-refractivity contribution in [2.45, 2.75) is 20.5 Å². The molecule has 0 aromatic heterocycles. The maximum absolute atomic E-state index is 12.5. The normalized spacial score (nSPS) is 15.7. The molecule has 3 aromatic rings. The first kappa shape index (κ1) is 23.0. The molecule has 3 aromatic carbocycles. The first-order valence-corrected chi connectivity index (χ1v) is 11.5. The molecule has 1 aliphatic heterocycles. The van der Waals surface area contributed by atoms with Crippen LogP contribution in [0.3, 0.4) is 0 Å². The molecule has 1 saturated heterocycles. The van der Waals surface area contributed by atoms with Crippen LogP contribution in [0.5, 0.6) is 11.5 Å². The van der Waals surface area contributed by atoms with Gasteiger partial charge in [-0.2, -0.15) is 0 Å². The Hall–Kier alpha value is -3.22. The first-order chi connectivity index (χ1) is 15.9. The molecule has 33 heavy (non-hydrogen) atoms. The quantitative estimate of drug-likeness (QED) is 0.414. The minimum Gasteiger partial charge on any atom is -0.493 e. The molecule has 0 saturated carbocycles. The number of amidine groups is 1. The van der Waals surface area contributed by atoms with Gasteiger partial charge in [0.15, 0.2) is 16.7 Å². The van der Waals surface area contributed by atoms with Gasteiger partial charge in [0, 0.05) is 5.02 Å². The summed E-state index contributed by atoms with van der Waals surface area (Å²) >= 11 is 7.24. The zero-order valence-electron chi connectivity index (χ0n) is 18.5. The van der Waals surface area contributed by atoms with E-state index in [4.69, 9.17) is 21.1 Å². The van der Waals surface area contributed by atoms with Crippen LogP contribution in [0.15, 0.2) is 70.6 Å². The van der Waals surface area contributed by atoms with Gasteiger partial charge in [0.05, 0.1) is 17.7 Å². The van der Waals surface area contributed by atoms with Gasteiger partial charge < -0.3 is 14.8 Å². The van der Waals surface area contributed by atoms with Gasteiger partial charge in [-0.15, -0.1) is 0 Å². The van der Waals surface area contributed by atoms with E-state index in [-0.39, 0.29) is 5.91 Å². The van der Waals surface area contributed by atoms with Crippen molar-refractivity contribution in [1.82, 2.24) is 5.32 Å². The number of hydrogen-bond acceptors (Lipinski definition) is 5. The Labute approximate surface area is 202 Å². The highest BCUT2D eigenvalue weighted by molar-refractivity contribution is 8.18. The molecule has 1 heterocycles. The summed E-state index contributed by atoms with van der Waals surface area (Å²) in [6.45, 7) is 4.49. The van der Waals surface area contributed by atoms with Gasteiger partial charge >= 0.3 is 0 Å². The van der Waals surface area contributed by atoms with Crippen molar-refractivity contribution >= 4 is 46.2 Å². The number of carbonyl (C=O) groups excluding carboxylic acids is 1. The molecule has 4 rings (SSSR count). The Morgan fingerprint density at radius 3 is 2.52 bits per heavy atom. The summed E-state index contributed by atoms with van der Waals surface area (Å²) in [5.41, 5.74) is 5.01. The summed E-state index contributed by atoms with van der Waals surface area (Å²) in [7, 11) is 1.59. The number of aryl methyl sites for hydroxylation is 2. The van der Waals surface area contributed by atoms with Gasteiger partial charge in [-0.3, -0.25) is 4.79 Å². The van der Waals surface area contributed by atoms with Crippen LogP contribution >= 0.6 is 23.4 Å². The SMILES string of the molecule is COc1cc(/C=C2\SC(=Nc3ccc(C)c(C)c3)NC2=O)ccc1OCc1ccc(Cl)cc1. The number of thioether (sulfide) groups is 1.